The average molecular weight is 307 g/mol. The molecule has 0 spiro atoms. The molecule has 0 amide bonds. The second kappa shape index (κ2) is 6.03. The summed E-state index contributed by atoms with van der Waals surface area (Å²) in [5, 5.41) is 3.42. The quantitative estimate of drug-likeness (QED) is 0.922. The first-order chi connectivity index (χ1) is 9.82. The zero-order chi connectivity index (χ0) is 15.6. The molecule has 0 saturated carbocycles. The number of furan rings is 1. The number of hydrogen-bond donors (Lipinski definition) is 1. The number of benzene rings is 1. The van der Waals surface area contributed by atoms with Crippen LogP contribution < -0.4 is 5.32 Å². The van der Waals surface area contributed by atoms with E-state index in [-0.39, 0.29) is 6.04 Å². The van der Waals surface area contributed by atoms with Gasteiger partial charge in [-0.1, -0.05) is 19.1 Å². The molecule has 1 aromatic heterocycles. The Morgan fingerprint density at radius 3 is 2.24 bits per heavy atom. The van der Waals surface area contributed by atoms with E-state index >= 15 is 0 Å². The molecule has 2 rings (SSSR count). The fourth-order valence-electron chi connectivity index (χ4n) is 2.46. The van der Waals surface area contributed by atoms with Crippen molar-refractivity contribution in [2.45, 2.75) is 31.7 Å². The van der Waals surface area contributed by atoms with E-state index in [2.05, 4.69) is 5.32 Å². The predicted octanol–water partition coefficient (Wildman–Crippen LogP) is 3.00. The highest BCUT2D eigenvalue weighted by Crippen LogP contribution is 2.28. The van der Waals surface area contributed by atoms with Crippen LogP contribution in [0.5, 0.6) is 0 Å². The predicted molar refractivity (Wildman–Crippen MR) is 83.3 cm³/mol. The van der Waals surface area contributed by atoms with Crippen LogP contribution in [0.4, 0.5) is 0 Å². The fraction of sp³-hybridized carbons (Fsp3) is 0.375. The third-order valence-corrected chi connectivity index (χ3v) is 4.57. The van der Waals surface area contributed by atoms with Crippen LogP contribution in [0.25, 0.3) is 0 Å². The molecule has 5 heteroatoms. The lowest BCUT2D eigenvalue weighted by molar-refractivity contribution is 0.495. The molecule has 4 nitrogen and oxygen atoms in total. The third-order valence-electron chi connectivity index (χ3n) is 3.44. The van der Waals surface area contributed by atoms with Gasteiger partial charge in [0.25, 0.3) is 0 Å². The summed E-state index contributed by atoms with van der Waals surface area (Å²) in [6, 6.07) is 9.03. The first-order valence-corrected chi connectivity index (χ1v) is 8.82. The molecular formula is C16H21NO3S. The Bertz CT molecular complexity index is 714. The molecule has 0 aliphatic heterocycles. The SMILES string of the molecule is CCNC(c1ccc(S(C)(=O)=O)cc1)c1cc(C)oc1C. The van der Waals surface area contributed by atoms with Gasteiger partial charge < -0.3 is 9.73 Å². The van der Waals surface area contributed by atoms with Crippen molar-refractivity contribution in [1.82, 2.24) is 5.32 Å². The molecule has 1 unspecified atom stereocenters. The van der Waals surface area contributed by atoms with Gasteiger partial charge in [0.05, 0.1) is 10.9 Å². The normalized spacial score (nSPS) is 13.3. The summed E-state index contributed by atoms with van der Waals surface area (Å²) in [6.45, 7) is 6.71. The van der Waals surface area contributed by atoms with Gasteiger partial charge in [-0.2, -0.15) is 0 Å². The summed E-state index contributed by atoms with van der Waals surface area (Å²) in [5.41, 5.74) is 2.11. The minimum absolute atomic E-state index is 0.000982. The highest BCUT2D eigenvalue weighted by Gasteiger charge is 2.19. The second-order valence-corrected chi connectivity index (χ2v) is 7.22. The molecule has 0 saturated heterocycles. The van der Waals surface area contributed by atoms with Gasteiger partial charge in [0.1, 0.15) is 11.5 Å². The van der Waals surface area contributed by atoms with Crippen molar-refractivity contribution < 1.29 is 12.8 Å². The molecule has 1 atom stereocenters. The minimum atomic E-state index is -3.17. The van der Waals surface area contributed by atoms with Gasteiger partial charge in [0.2, 0.25) is 0 Å². The lowest BCUT2D eigenvalue weighted by Crippen LogP contribution is -2.22. The van der Waals surface area contributed by atoms with E-state index in [0.717, 1.165) is 29.2 Å². The van der Waals surface area contributed by atoms with Gasteiger partial charge in [0, 0.05) is 11.8 Å². The van der Waals surface area contributed by atoms with Crippen molar-refractivity contribution in [3.05, 3.63) is 53.0 Å². The maximum atomic E-state index is 11.5. The van der Waals surface area contributed by atoms with Crippen LogP contribution in [0, 0.1) is 13.8 Å². The first kappa shape index (κ1) is 15.8. The number of nitrogens with one attached hydrogen (secondary N) is 1. The highest BCUT2D eigenvalue weighted by atomic mass is 32.2. The summed E-state index contributed by atoms with van der Waals surface area (Å²) in [5.74, 6) is 1.75. The number of aryl methyl sites for hydroxylation is 2. The second-order valence-electron chi connectivity index (χ2n) is 5.20. The molecule has 1 N–H and O–H groups in total. The summed E-state index contributed by atoms with van der Waals surface area (Å²) >= 11 is 0. The van der Waals surface area contributed by atoms with E-state index in [1.807, 2.05) is 39.0 Å². The van der Waals surface area contributed by atoms with Crippen molar-refractivity contribution in [2.75, 3.05) is 12.8 Å². The molecule has 114 valence electrons. The molecule has 2 aromatic rings. The third kappa shape index (κ3) is 3.54. The largest absolute Gasteiger partial charge is 0.466 e. The van der Waals surface area contributed by atoms with Crippen LogP contribution in [0.15, 0.2) is 39.6 Å². The zero-order valence-electron chi connectivity index (χ0n) is 12.8. The van der Waals surface area contributed by atoms with Crippen LogP contribution in [0.2, 0.25) is 0 Å². The molecule has 0 bridgehead atoms. The molecule has 0 aliphatic carbocycles. The van der Waals surface area contributed by atoms with Crippen LogP contribution in [-0.2, 0) is 9.84 Å². The topological polar surface area (TPSA) is 59.3 Å². The van der Waals surface area contributed by atoms with Crippen LogP contribution in [0.3, 0.4) is 0 Å². The Morgan fingerprint density at radius 1 is 1.19 bits per heavy atom. The maximum Gasteiger partial charge on any atom is 0.175 e. The molecular weight excluding hydrogens is 286 g/mol. The van der Waals surface area contributed by atoms with Crippen molar-refractivity contribution in [3.8, 4) is 0 Å². The van der Waals surface area contributed by atoms with Crippen molar-refractivity contribution in [3.63, 3.8) is 0 Å². The van der Waals surface area contributed by atoms with Gasteiger partial charge in [-0.3, -0.25) is 0 Å². The van der Waals surface area contributed by atoms with E-state index in [4.69, 9.17) is 4.42 Å². The molecule has 0 fully saturated rings. The van der Waals surface area contributed by atoms with Crippen LogP contribution >= 0.6 is 0 Å². The monoisotopic (exact) mass is 307 g/mol. The van der Waals surface area contributed by atoms with Gasteiger partial charge in [-0.15, -0.1) is 0 Å². The first-order valence-electron chi connectivity index (χ1n) is 6.93. The van der Waals surface area contributed by atoms with Crippen LogP contribution in [0.1, 0.15) is 35.6 Å². The van der Waals surface area contributed by atoms with E-state index in [0.29, 0.717) is 4.90 Å². The molecule has 1 heterocycles. The standard InChI is InChI=1S/C16H21NO3S/c1-5-17-16(15-10-11(2)20-12(15)3)13-6-8-14(9-7-13)21(4,18)19/h6-10,16-17H,5H2,1-4H3. The van der Waals surface area contributed by atoms with E-state index in [9.17, 15) is 8.42 Å². The number of hydrogen-bond acceptors (Lipinski definition) is 4. The number of rotatable bonds is 5. The fourth-order valence-corrected chi connectivity index (χ4v) is 3.09. The molecule has 1 aromatic carbocycles. The molecule has 0 aliphatic rings. The zero-order valence-corrected chi connectivity index (χ0v) is 13.6. The number of sulfone groups is 1. The Kier molecular flexibility index (Phi) is 4.54. The van der Waals surface area contributed by atoms with Crippen LogP contribution in [-0.4, -0.2) is 21.2 Å². The maximum absolute atomic E-state index is 11.5. The molecule has 21 heavy (non-hydrogen) atoms. The lowest BCUT2D eigenvalue weighted by Gasteiger charge is -2.18. The minimum Gasteiger partial charge on any atom is -0.466 e. The Labute approximate surface area is 126 Å². The smallest absolute Gasteiger partial charge is 0.175 e. The van der Waals surface area contributed by atoms with Gasteiger partial charge in [-0.25, -0.2) is 8.42 Å². The van der Waals surface area contributed by atoms with E-state index in [1.54, 1.807) is 12.1 Å². The van der Waals surface area contributed by atoms with Crippen molar-refractivity contribution in [2.24, 2.45) is 0 Å². The summed E-state index contributed by atoms with van der Waals surface area (Å²) in [6.07, 6.45) is 1.22. The van der Waals surface area contributed by atoms with E-state index < -0.39 is 9.84 Å². The van der Waals surface area contributed by atoms with E-state index in [1.165, 1.54) is 6.26 Å². The van der Waals surface area contributed by atoms with Crippen molar-refractivity contribution in [1.29, 1.82) is 0 Å². The van der Waals surface area contributed by atoms with Gasteiger partial charge in [0.15, 0.2) is 9.84 Å². The Balaban J connectivity index is 2.41. The Morgan fingerprint density at radius 2 is 1.81 bits per heavy atom. The summed E-state index contributed by atoms with van der Waals surface area (Å²) in [4.78, 5) is 0.335. The van der Waals surface area contributed by atoms with Gasteiger partial charge in [-0.05, 0) is 44.2 Å². The average Bonchev–Trinajstić information content (AvgIpc) is 2.74. The molecule has 0 radical (unpaired) electrons. The van der Waals surface area contributed by atoms with Gasteiger partial charge >= 0.3 is 0 Å². The highest BCUT2D eigenvalue weighted by molar-refractivity contribution is 7.90. The Hall–Kier alpha value is -1.59. The van der Waals surface area contributed by atoms with Crippen molar-refractivity contribution >= 4 is 9.84 Å². The summed E-state index contributed by atoms with van der Waals surface area (Å²) < 4.78 is 28.7. The summed E-state index contributed by atoms with van der Waals surface area (Å²) in [7, 11) is -3.17. The lowest BCUT2D eigenvalue weighted by atomic mass is 9.99.